The fraction of sp³-hybridized carbons (Fsp3) is 0.375. The standard InChI is InChI=1S/C16H19F2NS/c1-4-19-16(10(2)3)15-6-5-14(20-15)11-7-12(17)9-13(18)8-11/h5-10,16,19H,4H2,1-3H3. The third-order valence-electron chi connectivity index (χ3n) is 3.17. The van der Waals surface area contributed by atoms with E-state index in [-0.39, 0.29) is 6.04 Å². The normalized spacial score (nSPS) is 12.9. The van der Waals surface area contributed by atoms with Crippen LogP contribution in [-0.2, 0) is 0 Å². The van der Waals surface area contributed by atoms with Gasteiger partial charge >= 0.3 is 0 Å². The molecule has 1 nitrogen and oxygen atoms in total. The van der Waals surface area contributed by atoms with E-state index in [1.54, 1.807) is 11.3 Å². The summed E-state index contributed by atoms with van der Waals surface area (Å²) in [7, 11) is 0. The van der Waals surface area contributed by atoms with Gasteiger partial charge in [0.1, 0.15) is 11.6 Å². The highest BCUT2D eigenvalue weighted by Gasteiger charge is 2.17. The molecule has 0 saturated carbocycles. The summed E-state index contributed by atoms with van der Waals surface area (Å²) < 4.78 is 26.6. The summed E-state index contributed by atoms with van der Waals surface area (Å²) in [6.07, 6.45) is 0. The van der Waals surface area contributed by atoms with Gasteiger partial charge < -0.3 is 5.32 Å². The van der Waals surface area contributed by atoms with Crippen molar-refractivity contribution in [2.45, 2.75) is 26.8 Å². The Morgan fingerprint density at radius 3 is 2.30 bits per heavy atom. The Balaban J connectivity index is 2.32. The fourth-order valence-corrected chi connectivity index (χ4v) is 3.50. The number of hydrogen-bond acceptors (Lipinski definition) is 2. The Kier molecular flexibility index (Phi) is 4.89. The first-order valence-electron chi connectivity index (χ1n) is 6.80. The summed E-state index contributed by atoms with van der Waals surface area (Å²) in [5, 5.41) is 3.45. The smallest absolute Gasteiger partial charge is 0.126 e. The lowest BCUT2D eigenvalue weighted by Gasteiger charge is -2.20. The Hall–Kier alpha value is -1.26. The first kappa shape index (κ1) is 15.1. The Morgan fingerprint density at radius 2 is 1.75 bits per heavy atom. The van der Waals surface area contributed by atoms with Crippen molar-refractivity contribution in [1.82, 2.24) is 5.32 Å². The van der Waals surface area contributed by atoms with E-state index in [0.717, 1.165) is 17.5 Å². The molecule has 20 heavy (non-hydrogen) atoms. The number of nitrogens with one attached hydrogen (secondary N) is 1. The molecule has 0 saturated heterocycles. The molecule has 0 fully saturated rings. The Labute approximate surface area is 122 Å². The highest BCUT2D eigenvalue weighted by molar-refractivity contribution is 7.15. The van der Waals surface area contributed by atoms with E-state index in [1.165, 1.54) is 17.0 Å². The quantitative estimate of drug-likeness (QED) is 0.818. The molecule has 1 N–H and O–H groups in total. The third kappa shape index (κ3) is 3.44. The minimum absolute atomic E-state index is 0.275. The van der Waals surface area contributed by atoms with Crippen LogP contribution in [0.15, 0.2) is 30.3 Å². The van der Waals surface area contributed by atoms with Gasteiger partial charge in [0.2, 0.25) is 0 Å². The molecule has 1 heterocycles. The highest BCUT2D eigenvalue weighted by Crippen LogP contribution is 2.34. The molecule has 0 aliphatic carbocycles. The molecule has 0 bridgehead atoms. The van der Waals surface area contributed by atoms with Gasteiger partial charge in [-0.05, 0) is 42.3 Å². The largest absolute Gasteiger partial charge is 0.309 e. The second-order valence-electron chi connectivity index (χ2n) is 5.14. The van der Waals surface area contributed by atoms with Gasteiger partial charge in [-0.3, -0.25) is 0 Å². The monoisotopic (exact) mass is 295 g/mol. The number of halogens is 2. The van der Waals surface area contributed by atoms with E-state index in [4.69, 9.17) is 0 Å². The van der Waals surface area contributed by atoms with Crippen LogP contribution in [0, 0.1) is 17.6 Å². The van der Waals surface area contributed by atoms with Gasteiger partial charge in [0.05, 0.1) is 0 Å². The minimum atomic E-state index is -0.540. The van der Waals surface area contributed by atoms with Crippen LogP contribution in [0.4, 0.5) is 8.78 Å². The molecule has 0 aliphatic heterocycles. The molecule has 2 rings (SSSR count). The van der Waals surface area contributed by atoms with Crippen molar-refractivity contribution >= 4 is 11.3 Å². The highest BCUT2D eigenvalue weighted by atomic mass is 32.1. The molecule has 1 atom stereocenters. The lowest BCUT2D eigenvalue weighted by Crippen LogP contribution is -2.24. The fourth-order valence-electron chi connectivity index (χ4n) is 2.26. The van der Waals surface area contributed by atoms with Crippen molar-refractivity contribution in [2.24, 2.45) is 5.92 Å². The van der Waals surface area contributed by atoms with Crippen molar-refractivity contribution < 1.29 is 8.78 Å². The zero-order valence-corrected chi connectivity index (χ0v) is 12.7. The zero-order chi connectivity index (χ0) is 14.7. The summed E-state index contributed by atoms with van der Waals surface area (Å²) in [6, 6.07) is 7.88. The van der Waals surface area contributed by atoms with Gasteiger partial charge in [-0.25, -0.2) is 8.78 Å². The van der Waals surface area contributed by atoms with Gasteiger partial charge in [0.25, 0.3) is 0 Å². The van der Waals surface area contributed by atoms with E-state index in [9.17, 15) is 8.78 Å². The van der Waals surface area contributed by atoms with E-state index >= 15 is 0 Å². The molecule has 0 aliphatic rings. The first-order valence-corrected chi connectivity index (χ1v) is 7.62. The summed E-state index contributed by atoms with van der Waals surface area (Å²) in [6.45, 7) is 7.29. The van der Waals surface area contributed by atoms with Crippen LogP contribution in [0.2, 0.25) is 0 Å². The maximum absolute atomic E-state index is 13.3. The maximum atomic E-state index is 13.3. The first-order chi connectivity index (χ1) is 9.51. The molecule has 108 valence electrons. The number of rotatable bonds is 5. The van der Waals surface area contributed by atoms with Crippen LogP contribution in [0.3, 0.4) is 0 Å². The molecular formula is C16H19F2NS. The van der Waals surface area contributed by atoms with Crippen molar-refractivity contribution in [3.8, 4) is 10.4 Å². The topological polar surface area (TPSA) is 12.0 Å². The molecule has 4 heteroatoms. The SMILES string of the molecule is CCNC(c1ccc(-c2cc(F)cc(F)c2)s1)C(C)C. The lowest BCUT2D eigenvalue weighted by molar-refractivity contribution is 0.428. The molecule has 1 aromatic heterocycles. The van der Waals surface area contributed by atoms with E-state index in [2.05, 4.69) is 26.1 Å². The summed E-state index contributed by atoms with van der Waals surface area (Å²) >= 11 is 1.58. The zero-order valence-electron chi connectivity index (χ0n) is 11.9. The number of thiophene rings is 1. The predicted molar refractivity (Wildman–Crippen MR) is 80.9 cm³/mol. The van der Waals surface area contributed by atoms with Crippen molar-refractivity contribution in [1.29, 1.82) is 0 Å². The maximum Gasteiger partial charge on any atom is 0.126 e. The molecule has 0 amide bonds. The second kappa shape index (κ2) is 6.46. The van der Waals surface area contributed by atoms with E-state index < -0.39 is 11.6 Å². The minimum Gasteiger partial charge on any atom is -0.309 e. The van der Waals surface area contributed by atoms with Crippen LogP contribution in [0.5, 0.6) is 0 Å². The molecule has 0 spiro atoms. The number of benzene rings is 1. The third-order valence-corrected chi connectivity index (χ3v) is 4.39. The van der Waals surface area contributed by atoms with Gasteiger partial charge in [0.15, 0.2) is 0 Å². The Bertz CT molecular complexity index is 557. The Morgan fingerprint density at radius 1 is 1.10 bits per heavy atom. The molecule has 2 aromatic rings. The molecular weight excluding hydrogens is 276 g/mol. The van der Waals surface area contributed by atoms with E-state index in [1.807, 2.05) is 12.1 Å². The average molecular weight is 295 g/mol. The lowest BCUT2D eigenvalue weighted by atomic mass is 10.0. The van der Waals surface area contributed by atoms with Crippen LogP contribution in [-0.4, -0.2) is 6.54 Å². The van der Waals surface area contributed by atoms with Gasteiger partial charge in [-0.2, -0.15) is 0 Å². The van der Waals surface area contributed by atoms with Crippen LogP contribution >= 0.6 is 11.3 Å². The van der Waals surface area contributed by atoms with Gasteiger partial charge in [-0.15, -0.1) is 11.3 Å². The van der Waals surface area contributed by atoms with Gasteiger partial charge in [-0.1, -0.05) is 20.8 Å². The molecule has 0 radical (unpaired) electrons. The summed E-state index contributed by atoms with van der Waals surface area (Å²) in [5.41, 5.74) is 0.595. The van der Waals surface area contributed by atoms with E-state index in [0.29, 0.717) is 11.5 Å². The van der Waals surface area contributed by atoms with Crippen molar-refractivity contribution in [3.05, 3.63) is 46.8 Å². The van der Waals surface area contributed by atoms with Gasteiger partial charge in [0, 0.05) is 21.9 Å². The summed E-state index contributed by atoms with van der Waals surface area (Å²) in [5.74, 6) is -0.616. The molecule has 1 aromatic carbocycles. The average Bonchev–Trinajstić information content (AvgIpc) is 2.83. The second-order valence-corrected chi connectivity index (χ2v) is 6.25. The van der Waals surface area contributed by atoms with Crippen molar-refractivity contribution in [2.75, 3.05) is 6.54 Å². The van der Waals surface area contributed by atoms with Crippen LogP contribution in [0.1, 0.15) is 31.7 Å². The number of hydrogen-bond donors (Lipinski definition) is 1. The predicted octanol–water partition coefficient (Wildman–Crippen LogP) is 5.00. The van der Waals surface area contributed by atoms with Crippen LogP contribution < -0.4 is 5.32 Å². The van der Waals surface area contributed by atoms with Crippen molar-refractivity contribution in [3.63, 3.8) is 0 Å². The summed E-state index contributed by atoms with van der Waals surface area (Å²) in [4.78, 5) is 2.09. The molecule has 1 unspecified atom stereocenters. The van der Waals surface area contributed by atoms with Crippen LogP contribution in [0.25, 0.3) is 10.4 Å².